The summed E-state index contributed by atoms with van der Waals surface area (Å²) in [5.41, 5.74) is 2.09. The third kappa shape index (κ3) is 2.29. The molecule has 0 radical (unpaired) electrons. The van der Waals surface area contributed by atoms with E-state index in [4.69, 9.17) is 21.1 Å². The third-order valence-corrected chi connectivity index (χ3v) is 4.16. The van der Waals surface area contributed by atoms with Crippen molar-refractivity contribution < 1.29 is 9.52 Å². The van der Waals surface area contributed by atoms with E-state index < -0.39 is 0 Å². The Kier molecular flexibility index (Phi) is 3.59. The van der Waals surface area contributed by atoms with Gasteiger partial charge < -0.3 is 9.52 Å². The van der Waals surface area contributed by atoms with Gasteiger partial charge in [-0.05, 0) is 36.4 Å². The highest BCUT2D eigenvalue weighted by molar-refractivity contribution is 6.30. The fourth-order valence-corrected chi connectivity index (χ4v) is 2.93. The number of nitrogens with zero attached hydrogens (tertiary/aromatic N) is 2. The van der Waals surface area contributed by atoms with Gasteiger partial charge in [-0.2, -0.15) is 5.10 Å². The summed E-state index contributed by atoms with van der Waals surface area (Å²) in [6, 6.07) is 14.5. The van der Waals surface area contributed by atoms with Gasteiger partial charge in [0, 0.05) is 16.0 Å². The lowest BCUT2D eigenvalue weighted by atomic mass is 10.0. The largest absolute Gasteiger partial charge is 0.455 e. The highest BCUT2D eigenvalue weighted by atomic mass is 35.5. The summed E-state index contributed by atoms with van der Waals surface area (Å²) in [6.45, 7) is -0.0174. The van der Waals surface area contributed by atoms with Gasteiger partial charge in [-0.25, -0.2) is 4.68 Å². The number of hydrogen-bond donors (Lipinski definition) is 1. The van der Waals surface area contributed by atoms with E-state index in [9.17, 15) is 4.79 Å². The van der Waals surface area contributed by atoms with Crippen LogP contribution in [0.15, 0.2) is 57.7 Å². The number of rotatable bonds is 3. The van der Waals surface area contributed by atoms with Crippen LogP contribution in [0.5, 0.6) is 0 Å². The zero-order valence-electron chi connectivity index (χ0n) is 12.6. The van der Waals surface area contributed by atoms with Gasteiger partial charge in [0.2, 0.25) is 0 Å². The Labute approximate surface area is 142 Å². The lowest BCUT2D eigenvalue weighted by Crippen LogP contribution is -2.18. The molecule has 1 N–H and O–H groups in total. The minimum atomic E-state index is -0.279. The van der Waals surface area contributed by atoms with E-state index >= 15 is 0 Å². The maximum absolute atomic E-state index is 12.7. The molecule has 2 heterocycles. The molecule has 0 fully saturated rings. The maximum atomic E-state index is 12.7. The van der Waals surface area contributed by atoms with Gasteiger partial charge in [0.05, 0.1) is 13.2 Å². The first-order valence-corrected chi connectivity index (χ1v) is 7.86. The van der Waals surface area contributed by atoms with Gasteiger partial charge in [0.15, 0.2) is 0 Å². The van der Waals surface area contributed by atoms with Gasteiger partial charge in [-0.3, -0.25) is 4.79 Å². The average molecular weight is 341 g/mol. The highest BCUT2D eigenvalue weighted by Crippen LogP contribution is 2.36. The number of fused-ring (bicyclic) bond motifs is 3. The van der Waals surface area contributed by atoms with Crippen LogP contribution in [0.3, 0.4) is 0 Å². The zero-order chi connectivity index (χ0) is 16.7. The summed E-state index contributed by atoms with van der Waals surface area (Å²) in [6.07, 6.45) is 0. The van der Waals surface area contributed by atoms with Crippen molar-refractivity contribution in [3.8, 4) is 22.6 Å². The number of benzene rings is 2. The maximum Gasteiger partial charge on any atom is 0.280 e. The Morgan fingerprint density at radius 1 is 1.12 bits per heavy atom. The minimum absolute atomic E-state index is 0.141. The fraction of sp³-hybridized carbons (Fsp3) is 0.111. The second-order valence-electron chi connectivity index (χ2n) is 5.41. The van der Waals surface area contributed by atoms with Gasteiger partial charge >= 0.3 is 0 Å². The van der Waals surface area contributed by atoms with E-state index in [0.29, 0.717) is 27.6 Å². The minimum Gasteiger partial charge on any atom is -0.455 e. The zero-order valence-corrected chi connectivity index (χ0v) is 13.3. The van der Waals surface area contributed by atoms with Crippen LogP contribution in [0.2, 0.25) is 5.02 Å². The molecule has 2 aliphatic heterocycles. The van der Waals surface area contributed by atoms with Gasteiger partial charge in [0.25, 0.3) is 5.56 Å². The van der Waals surface area contributed by atoms with Crippen LogP contribution in [0.1, 0.15) is 0 Å². The molecule has 2 aromatic rings. The van der Waals surface area contributed by atoms with E-state index in [-0.39, 0.29) is 18.7 Å². The molecule has 0 saturated carbocycles. The smallest absolute Gasteiger partial charge is 0.280 e. The molecule has 6 heteroatoms. The molecular weight excluding hydrogens is 328 g/mol. The summed E-state index contributed by atoms with van der Waals surface area (Å²) in [5, 5.41) is 14.9. The van der Waals surface area contributed by atoms with Crippen LogP contribution in [-0.4, -0.2) is 21.5 Å². The van der Waals surface area contributed by atoms with Gasteiger partial charge in [0.1, 0.15) is 22.6 Å². The summed E-state index contributed by atoms with van der Waals surface area (Å²) < 4.78 is 7.28. The van der Waals surface area contributed by atoms with E-state index in [2.05, 4.69) is 5.10 Å². The van der Waals surface area contributed by atoms with Crippen molar-refractivity contribution in [2.45, 2.75) is 6.54 Å². The predicted octanol–water partition coefficient (Wildman–Crippen LogP) is 3.41. The van der Waals surface area contributed by atoms with E-state index in [1.54, 1.807) is 24.3 Å². The van der Waals surface area contributed by atoms with Crippen LogP contribution in [-0.2, 0) is 6.54 Å². The molecule has 0 amide bonds. The molecule has 0 atom stereocenters. The monoisotopic (exact) mass is 340 g/mol. The lowest BCUT2D eigenvalue weighted by Gasteiger charge is -2.08. The quantitative estimate of drug-likeness (QED) is 0.620. The number of hydrogen-bond acceptors (Lipinski definition) is 4. The van der Waals surface area contributed by atoms with Crippen molar-refractivity contribution in [3.63, 3.8) is 0 Å². The molecule has 0 saturated heterocycles. The molecule has 120 valence electrons. The van der Waals surface area contributed by atoms with Crippen molar-refractivity contribution in [3.05, 3.63) is 63.9 Å². The summed E-state index contributed by atoms with van der Waals surface area (Å²) >= 11 is 5.95. The molecule has 0 bridgehead atoms. The molecule has 2 aliphatic rings. The van der Waals surface area contributed by atoms with Crippen LogP contribution < -0.4 is 5.56 Å². The summed E-state index contributed by atoms with van der Waals surface area (Å²) in [7, 11) is 0. The molecule has 2 aromatic carbocycles. The Morgan fingerprint density at radius 3 is 2.62 bits per heavy atom. The van der Waals surface area contributed by atoms with Crippen LogP contribution in [0.4, 0.5) is 0 Å². The summed E-state index contributed by atoms with van der Waals surface area (Å²) in [5.74, 6) is 0.453. The van der Waals surface area contributed by atoms with Crippen molar-refractivity contribution in [1.29, 1.82) is 0 Å². The van der Waals surface area contributed by atoms with Crippen LogP contribution >= 0.6 is 11.6 Å². The molecule has 0 aromatic heterocycles. The van der Waals surface area contributed by atoms with Crippen LogP contribution in [0, 0.1) is 0 Å². The van der Waals surface area contributed by atoms with E-state index in [0.717, 1.165) is 10.9 Å². The molecular formula is C18H13ClN2O3. The van der Waals surface area contributed by atoms with Gasteiger partial charge in [-0.15, -0.1) is 0 Å². The number of aliphatic hydroxyl groups excluding tert-OH is 1. The Bertz CT molecular complexity index is 1050. The Hall–Kier alpha value is -2.63. The Morgan fingerprint density at radius 2 is 1.88 bits per heavy atom. The lowest BCUT2D eigenvalue weighted by molar-refractivity contribution is 0.268. The van der Waals surface area contributed by atoms with Crippen molar-refractivity contribution >= 4 is 22.6 Å². The van der Waals surface area contributed by atoms with Crippen molar-refractivity contribution in [2.75, 3.05) is 6.61 Å². The van der Waals surface area contributed by atoms with Crippen molar-refractivity contribution in [1.82, 2.24) is 9.78 Å². The topological polar surface area (TPSA) is 68.3 Å². The van der Waals surface area contributed by atoms with E-state index in [1.807, 2.05) is 24.3 Å². The number of para-hydroxylation sites is 1. The predicted molar refractivity (Wildman–Crippen MR) is 92.4 cm³/mol. The SMILES string of the molecule is O=c1c2c(-c3ccc(Cl)cc3)oc3ccccc3c-2nn1CCO. The number of aliphatic hydroxyl groups is 1. The highest BCUT2D eigenvalue weighted by Gasteiger charge is 2.25. The first-order valence-electron chi connectivity index (χ1n) is 7.48. The average Bonchev–Trinajstić information content (AvgIpc) is 2.93. The normalized spacial score (nSPS) is 11.4. The first kappa shape index (κ1) is 14.9. The molecule has 24 heavy (non-hydrogen) atoms. The molecule has 0 unspecified atom stereocenters. The number of aromatic nitrogens is 2. The molecule has 4 rings (SSSR count). The van der Waals surface area contributed by atoms with Gasteiger partial charge in [-0.1, -0.05) is 23.7 Å². The third-order valence-electron chi connectivity index (χ3n) is 3.91. The first-order chi connectivity index (χ1) is 11.7. The fourth-order valence-electron chi connectivity index (χ4n) is 2.80. The second kappa shape index (κ2) is 5.78. The molecule has 5 nitrogen and oxygen atoms in total. The van der Waals surface area contributed by atoms with Crippen molar-refractivity contribution in [2.24, 2.45) is 0 Å². The second-order valence-corrected chi connectivity index (χ2v) is 5.85. The van der Waals surface area contributed by atoms with Crippen LogP contribution in [0.25, 0.3) is 33.6 Å². The molecule has 0 aliphatic carbocycles. The summed E-state index contributed by atoms with van der Waals surface area (Å²) in [4.78, 5) is 12.7. The standard InChI is InChI=1S/C18H13ClN2O3/c19-12-7-5-11(6-8-12)17-15-16(20-21(9-10-22)18(15)23)13-3-1-2-4-14(13)24-17/h1-8,22H,9-10H2. The molecule has 0 spiro atoms. The number of halogens is 1. The Balaban J connectivity index is 2.10. The van der Waals surface area contributed by atoms with E-state index in [1.165, 1.54) is 4.68 Å².